The first-order valence-corrected chi connectivity index (χ1v) is 6.05. The molecule has 4 N–H and O–H groups in total. The van der Waals surface area contributed by atoms with Crippen LogP contribution in [0.25, 0.3) is 11.2 Å². The maximum Gasteiger partial charge on any atom is 0.224 e. The van der Waals surface area contributed by atoms with Crippen molar-refractivity contribution in [3.05, 3.63) is 6.33 Å². The summed E-state index contributed by atoms with van der Waals surface area (Å²) >= 11 is 0. The number of nitrogen functional groups attached to an aromatic ring is 1. The molecule has 1 fully saturated rings. The molecule has 2 aromatic rings. The summed E-state index contributed by atoms with van der Waals surface area (Å²) < 4.78 is 0. The molecule has 0 aromatic carbocycles. The van der Waals surface area contributed by atoms with Crippen LogP contribution >= 0.6 is 0 Å². The third kappa shape index (κ3) is 1.76. The molecule has 7 nitrogen and oxygen atoms in total. The number of aromatic nitrogens is 4. The van der Waals surface area contributed by atoms with E-state index in [2.05, 4.69) is 26.9 Å². The molecular weight excluding hydrogens is 232 g/mol. The van der Waals surface area contributed by atoms with Gasteiger partial charge in [-0.25, -0.2) is 4.98 Å². The third-order valence-electron chi connectivity index (χ3n) is 3.50. The van der Waals surface area contributed by atoms with E-state index in [1.165, 1.54) is 0 Å². The number of piperidine rings is 1. The number of H-pyrrole nitrogens is 1. The minimum Gasteiger partial charge on any atom is -0.391 e. The van der Waals surface area contributed by atoms with Gasteiger partial charge in [0, 0.05) is 13.1 Å². The molecule has 3 rings (SSSR count). The molecule has 0 saturated carbocycles. The van der Waals surface area contributed by atoms with Crippen LogP contribution in [0.15, 0.2) is 6.33 Å². The summed E-state index contributed by atoms with van der Waals surface area (Å²) in [5, 5.41) is 9.96. The van der Waals surface area contributed by atoms with Crippen molar-refractivity contribution in [2.45, 2.75) is 19.4 Å². The molecule has 2 unspecified atom stereocenters. The van der Waals surface area contributed by atoms with Crippen LogP contribution in [0.5, 0.6) is 0 Å². The van der Waals surface area contributed by atoms with Gasteiger partial charge < -0.3 is 20.7 Å². The summed E-state index contributed by atoms with van der Waals surface area (Å²) in [5.41, 5.74) is 7.02. The van der Waals surface area contributed by atoms with Gasteiger partial charge in [-0.3, -0.25) is 0 Å². The van der Waals surface area contributed by atoms with Gasteiger partial charge in [0.25, 0.3) is 0 Å². The Kier molecular flexibility index (Phi) is 2.55. The number of aromatic amines is 1. The monoisotopic (exact) mass is 248 g/mol. The number of nitrogens with two attached hydrogens (primary N) is 1. The fourth-order valence-electron chi connectivity index (χ4n) is 2.30. The van der Waals surface area contributed by atoms with Gasteiger partial charge in [-0.05, 0) is 12.3 Å². The van der Waals surface area contributed by atoms with E-state index in [0.717, 1.165) is 24.3 Å². The average molecular weight is 248 g/mol. The molecule has 1 saturated heterocycles. The first kappa shape index (κ1) is 11.2. The molecule has 0 spiro atoms. The van der Waals surface area contributed by atoms with E-state index in [4.69, 9.17) is 5.73 Å². The smallest absolute Gasteiger partial charge is 0.224 e. The molecule has 1 aliphatic rings. The zero-order valence-electron chi connectivity index (χ0n) is 10.2. The molecule has 0 amide bonds. The van der Waals surface area contributed by atoms with Crippen LogP contribution in [0.4, 0.5) is 11.8 Å². The molecule has 18 heavy (non-hydrogen) atoms. The average Bonchev–Trinajstić information content (AvgIpc) is 2.79. The topological polar surface area (TPSA) is 104 Å². The molecule has 96 valence electrons. The molecule has 2 atom stereocenters. The summed E-state index contributed by atoms with van der Waals surface area (Å²) in [6, 6.07) is 0. The SMILES string of the molecule is CC1CCN(c2nc(N)nc3nc[nH]c23)CC1O. The van der Waals surface area contributed by atoms with Crippen molar-refractivity contribution >= 4 is 22.9 Å². The Morgan fingerprint density at radius 2 is 2.33 bits per heavy atom. The third-order valence-corrected chi connectivity index (χ3v) is 3.50. The summed E-state index contributed by atoms with van der Waals surface area (Å²) in [6.45, 7) is 3.47. The van der Waals surface area contributed by atoms with Crippen LogP contribution in [0.1, 0.15) is 13.3 Å². The van der Waals surface area contributed by atoms with Gasteiger partial charge in [0.2, 0.25) is 5.95 Å². The lowest BCUT2D eigenvalue weighted by molar-refractivity contribution is 0.103. The highest BCUT2D eigenvalue weighted by Crippen LogP contribution is 2.26. The number of nitrogens with zero attached hydrogens (tertiary/aromatic N) is 4. The van der Waals surface area contributed by atoms with Gasteiger partial charge in [0.05, 0.1) is 12.4 Å². The lowest BCUT2D eigenvalue weighted by Gasteiger charge is -2.35. The van der Waals surface area contributed by atoms with Gasteiger partial charge in [0.1, 0.15) is 5.52 Å². The predicted molar refractivity (Wildman–Crippen MR) is 68.1 cm³/mol. The highest BCUT2D eigenvalue weighted by atomic mass is 16.3. The first-order valence-electron chi connectivity index (χ1n) is 6.05. The first-order chi connectivity index (χ1) is 8.65. The quantitative estimate of drug-likeness (QED) is 0.663. The second kappa shape index (κ2) is 4.09. The van der Waals surface area contributed by atoms with Crippen LogP contribution in [-0.2, 0) is 0 Å². The van der Waals surface area contributed by atoms with Crippen molar-refractivity contribution in [3.8, 4) is 0 Å². The molecule has 2 aromatic heterocycles. The van der Waals surface area contributed by atoms with Crippen LogP contribution in [0.2, 0.25) is 0 Å². The second-order valence-electron chi connectivity index (χ2n) is 4.79. The van der Waals surface area contributed by atoms with Crippen LogP contribution in [-0.4, -0.2) is 44.2 Å². The Hall–Kier alpha value is -1.89. The summed E-state index contributed by atoms with van der Waals surface area (Å²) in [7, 11) is 0. The number of hydrogen-bond acceptors (Lipinski definition) is 6. The van der Waals surface area contributed by atoms with Crippen LogP contribution in [0, 0.1) is 5.92 Å². The van der Waals surface area contributed by atoms with Crippen LogP contribution in [0.3, 0.4) is 0 Å². The number of imidazole rings is 1. The maximum atomic E-state index is 9.96. The highest BCUT2D eigenvalue weighted by Gasteiger charge is 2.26. The van der Waals surface area contributed by atoms with Gasteiger partial charge in [0.15, 0.2) is 11.5 Å². The van der Waals surface area contributed by atoms with E-state index < -0.39 is 0 Å². The Balaban J connectivity index is 2.01. The van der Waals surface area contributed by atoms with Gasteiger partial charge in [-0.1, -0.05) is 6.92 Å². The lowest BCUT2D eigenvalue weighted by atomic mass is 9.96. The van der Waals surface area contributed by atoms with E-state index in [1.807, 2.05) is 4.90 Å². The van der Waals surface area contributed by atoms with Gasteiger partial charge >= 0.3 is 0 Å². The van der Waals surface area contributed by atoms with E-state index >= 15 is 0 Å². The molecular formula is C11H16N6O. The predicted octanol–water partition coefficient (Wildman–Crippen LogP) is 0.142. The van der Waals surface area contributed by atoms with E-state index in [-0.39, 0.29) is 12.1 Å². The lowest BCUT2D eigenvalue weighted by Crippen LogP contribution is -2.43. The van der Waals surface area contributed by atoms with E-state index in [0.29, 0.717) is 18.1 Å². The molecule has 3 heterocycles. The standard InChI is InChI=1S/C11H16N6O/c1-6-2-3-17(4-7(6)18)10-8-9(14-5-13-8)15-11(12)16-10/h5-7,18H,2-4H2,1H3,(H3,12,13,14,15,16). The Bertz CT molecular complexity index is 568. The zero-order valence-corrected chi connectivity index (χ0v) is 10.2. The summed E-state index contributed by atoms with van der Waals surface area (Å²) in [6.07, 6.45) is 2.17. The molecule has 0 aliphatic carbocycles. The van der Waals surface area contributed by atoms with Crippen LogP contribution < -0.4 is 10.6 Å². The number of hydrogen-bond donors (Lipinski definition) is 3. The van der Waals surface area contributed by atoms with Gasteiger partial charge in [-0.15, -0.1) is 0 Å². The van der Waals surface area contributed by atoms with Crippen molar-refractivity contribution in [1.82, 2.24) is 19.9 Å². The number of anilines is 2. The normalized spacial score (nSPS) is 24.7. The largest absolute Gasteiger partial charge is 0.391 e. The van der Waals surface area contributed by atoms with Crippen molar-refractivity contribution in [2.75, 3.05) is 23.7 Å². The van der Waals surface area contributed by atoms with E-state index in [1.54, 1.807) is 6.33 Å². The minimum absolute atomic E-state index is 0.206. The number of rotatable bonds is 1. The number of aliphatic hydroxyl groups is 1. The van der Waals surface area contributed by atoms with Gasteiger partial charge in [-0.2, -0.15) is 9.97 Å². The summed E-state index contributed by atoms with van der Waals surface area (Å²) in [5.74, 6) is 1.25. The number of nitrogens with one attached hydrogen (secondary N) is 1. The molecule has 0 bridgehead atoms. The fourth-order valence-corrected chi connectivity index (χ4v) is 2.30. The number of fused-ring (bicyclic) bond motifs is 1. The van der Waals surface area contributed by atoms with E-state index in [9.17, 15) is 5.11 Å². The zero-order chi connectivity index (χ0) is 12.7. The Labute approximate surface area is 104 Å². The van der Waals surface area contributed by atoms with Crippen molar-refractivity contribution < 1.29 is 5.11 Å². The number of β-amino-alcohol motifs (C(OH)–C–C–N with tert-alkyl or cyclic N) is 1. The Morgan fingerprint density at radius 1 is 1.50 bits per heavy atom. The van der Waals surface area contributed by atoms with Crippen molar-refractivity contribution in [2.24, 2.45) is 5.92 Å². The Morgan fingerprint density at radius 3 is 3.11 bits per heavy atom. The molecule has 7 heteroatoms. The highest BCUT2D eigenvalue weighted by molar-refractivity contribution is 5.84. The molecule has 0 radical (unpaired) electrons. The fraction of sp³-hybridized carbons (Fsp3) is 0.545. The summed E-state index contributed by atoms with van der Waals surface area (Å²) in [4.78, 5) is 17.5. The second-order valence-corrected chi connectivity index (χ2v) is 4.79. The molecule has 1 aliphatic heterocycles. The maximum absolute atomic E-state index is 9.96. The van der Waals surface area contributed by atoms with Crippen molar-refractivity contribution in [1.29, 1.82) is 0 Å². The van der Waals surface area contributed by atoms with Crippen molar-refractivity contribution in [3.63, 3.8) is 0 Å². The number of aliphatic hydroxyl groups excluding tert-OH is 1. The minimum atomic E-state index is -0.340.